The summed E-state index contributed by atoms with van der Waals surface area (Å²) in [7, 11) is 0. The highest BCUT2D eigenvalue weighted by molar-refractivity contribution is 6.15. The molecule has 0 bridgehead atoms. The van der Waals surface area contributed by atoms with Crippen LogP contribution >= 0.6 is 0 Å². The number of allylic oxidation sites excluding steroid dienone is 5. The second-order valence-corrected chi connectivity index (χ2v) is 10.2. The fraction of sp³-hybridized carbons (Fsp3) is 0.344. The van der Waals surface area contributed by atoms with Crippen molar-refractivity contribution in [1.29, 1.82) is 0 Å². The van der Waals surface area contributed by atoms with Crippen molar-refractivity contribution in [2.75, 3.05) is 16.3 Å². The van der Waals surface area contributed by atoms with Crippen LogP contribution in [-0.2, 0) is 0 Å². The summed E-state index contributed by atoms with van der Waals surface area (Å²) in [4.78, 5) is 17.1. The molecular weight excluding hydrogens is 476 g/mol. The molecular formula is C32H40N2O4. The van der Waals surface area contributed by atoms with Crippen LogP contribution in [0.5, 0.6) is 17.2 Å². The first kappa shape index (κ1) is 28.6. The molecule has 3 rings (SSSR count). The lowest BCUT2D eigenvalue weighted by Gasteiger charge is -2.32. The van der Waals surface area contributed by atoms with Crippen molar-refractivity contribution in [2.45, 2.75) is 66.3 Å². The van der Waals surface area contributed by atoms with E-state index in [1.807, 2.05) is 19.9 Å². The van der Waals surface area contributed by atoms with Crippen molar-refractivity contribution < 1.29 is 20.1 Å². The predicted octanol–water partition coefficient (Wildman–Crippen LogP) is 7.90. The van der Waals surface area contributed by atoms with E-state index in [-0.39, 0.29) is 35.7 Å². The molecule has 2 aromatic carbocycles. The average molecular weight is 517 g/mol. The van der Waals surface area contributed by atoms with Crippen LogP contribution in [0.25, 0.3) is 0 Å². The average Bonchev–Trinajstić information content (AvgIpc) is 2.95. The monoisotopic (exact) mass is 516 g/mol. The van der Waals surface area contributed by atoms with Gasteiger partial charge in [-0.15, -0.1) is 6.58 Å². The minimum absolute atomic E-state index is 0.0803. The number of para-hydroxylation sites is 1. The van der Waals surface area contributed by atoms with E-state index in [0.717, 1.165) is 31.3 Å². The van der Waals surface area contributed by atoms with E-state index in [2.05, 4.69) is 39.5 Å². The third-order valence-electron chi connectivity index (χ3n) is 6.81. The molecule has 2 aromatic rings. The third kappa shape index (κ3) is 6.49. The molecule has 1 atom stereocenters. The van der Waals surface area contributed by atoms with Gasteiger partial charge in [-0.1, -0.05) is 47.1 Å². The second-order valence-electron chi connectivity index (χ2n) is 10.2. The number of benzene rings is 2. The minimum atomic E-state index is -0.368. The summed E-state index contributed by atoms with van der Waals surface area (Å²) in [6.45, 7) is 14.4. The normalized spacial score (nSPS) is 14.5. The zero-order valence-electron chi connectivity index (χ0n) is 23.2. The maximum absolute atomic E-state index is 13.9. The molecule has 0 saturated heterocycles. The number of carbonyl (C=O) groups excluding carboxylic acids is 1. The zero-order chi connectivity index (χ0) is 28.0. The van der Waals surface area contributed by atoms with Crippen LogP contribution in [0.1, 0.15) is 70.7 Å². The quantitative estimate of drug-likeness (QED) is 0.280. The number of amides is 1. The lowest BCUT2D eigenvalue weighted by molar-refractivity contribution is 0.0990. The van der Waals surface area contributed by atoms with Crippen LogP contribution < -0.4 is 9.80 Å². The van der Waals surface area contributed by atoms with Crippen LogP contribution in [0.4, 0.5) is 17.1 Å². The highest BCUT2D eigenvalue weighted by Crippen LogP contribution is 2.51. The highest BCUT2D eigenvalue weighted by atomic mass is 16.3. The van der Waals surface area contributed by atoms with E-state index in [0.29, 0.717) is 22.6 Å². The summed E-state index contributed by atoms with van der Waals surface area (Å²) < 4.78 is 0. The van der Waals surface area contributed by atoms with Crippen molar-refractivity contribution in [1.82, 2.24) is 0 Å². The van der Waals surface area contributed by atoms with Gasteiger partial charge in [-0.25, -0.2) is 0 Å². The van der Waals surface area contributed by atoms with E-state index in [9.17, 15) is 20.1 Å². The van der Waals surface area contributed by atoms with E-state index >= 15 is 0 Å². The number of carbonyl (C=O) groups is 1. The fourth-order valence-electron chi connectivity index (χ4n) is 4.65. The van der Waals surface area contributed by atoms with Gasteiger partial charge in [0.05, 0.1) is 16.9 Å². The maximum atomic E-state index is 13.9. The minimum Gasteiger partial charge on any atom is -0.508 e. The number of nitrogens with zero attached hydrogens (tertiary/aromatic N) is 2. The Bertz CT molecular complexity index is 1280. The molecule has 1 aliphatic rings. The number of phenolic OH excluding ortho intramolecular Hbond substituents is 3. The lowest BCUT2D eigenvalue weighted by atomic mass is 10.1. The molecule has 1 amide bonds. The van der Waals surface area contributed by atoms with Crippen LogP contribution in [0.2, 0.25) is 0 Å². The summed E-state index contributed by atoms with van der Waals surface area (Å²) >= 11 is 0. The van der Waals surface area contributed by atoms with Gasteiger partial charge in [0.2, 0.25) is 0 Å². The van der Waals surface area contributed by atoms with Crippen LogP contribution in [0.15, 0.2) is 77.9 Å². The molecule has 38 heavy (non-hydrogen) atoms. The molecule has 3 N–H and O–H groups in total. The molecule has 0 saturated carbocycles. The van der Waals surface area contributed by atoms with Gasteiger partial charge in [-0.2, -0.15) is 0 Å². The number of fused-ring (bicyclic) bond motifs is 2. The Kier molecular flexibility index (Phi) is 9.45. The van der Waals surface area contributed by atoms with Crippen molar-refractivity contribution in [3.63, 3.8) is 0 Å². The smallest absolute Gasteiger partial charge is 0.260 e. The number of aromatic hydroxyl groups is 3. The first-order valence-corrected chi connectivity index (χ1v) is 13.1. The molecule has 0 aromatic heterocycles. The number of hydrogen-bond donors (Lipinski definition) is 3. The Labute approximate surface area is 226 Å². The summed E-state index contributed by atoms with van der Waals surface area (Å²) in [6, 6.07) is 7.15. The van der Waals surface area contributed by atoms with Gasteiger partial charge in [0.25, 0.3) is 5.91 Å². The number of anilines is 3. The third-order valence-corrected chi connectivity index (χ3v) is 6.81. The van der Waals surface area contributed by atoms with Crippen LogP contribution in [-0.4, -0.2) is 33.8 Å². The predicted molar refractivity (Wildman–Crippen MR) is 157 cm³/mol. The summed E-state index contributed by atoms with van der Waals surface area (Å²) in [6.07, 6.45) is 12.1. The largest absolute Gasteiger partial charge is 0.508 e. The second kappa shape index (κ2) is 12.5. The first-order chi connectivity index (χ1) is 18.0. The molecule has 1 unspecified atom stereocenters. The topological polar surface area (TPSA) is 84.2 Å². The van der Waals surface area contributed by atoms with Crippen molar-refractivity contribution in [2.24, 2.45) is 0 Å². The van der Waals surface area contributed by atoms with Gasteiger partial charge in [0, 0.05) is 24.7 Å². The molecule has 0 radical (unpaired) electrons. The number of rotatable bonds is 10. The summed E-state index contributed by atoms with van der Waals surface area (Å²) in [5.74, 6) is -0.768. The van der Waals surface area contributed by atoms with E-state index in [4.69, 9.17) is 0 Å². The Hall–Kier alpha value is -3.93. The van der Waals surface area contributed by atoms with Gasteiger partial charge < -0.3 is 25.1 Å². The lowest BCUT2D eigenvalue weighted by Crippen LogP contribution is -2.30. The number of phenols is 3. The molecule has 0 fully saturated rings. The molecule has 202 valence electrons. The molecule has 1 heterocycles. The van der Waals surface area contributed by atoms with Crippen molar-refractivity contribution in [3.8, 4) is 17.2 Å². The standard InChI is InChI=1S/C32H40N2O4/c1-7-24(6)34-30-26(15-10-16-28(30)36)32(38)33(27-19-25(35)20-29(37)31(27)34)18-17-23(5)14-9-13-22(4)12-8-11-21(2)3/h7,10-11,13,15-17,19-20,24,35-37H,1,8-9,12,14,18H2,2-6H3/b22-13+,23-17+. The van der Waals surface area contributed by atoms with Gasteiger partial charge in [0.1, 0.15) is 22.9 Å². The Morgan fingerprint density at radius 3 is 2.24 bits per heavy atom. The maximum Gasteiger partial charge on any atom is 0.260 e. The number of hydrogen-bond acceptors (Lipinski definition) is 5. The van der Waals surface area contributed by atoms with Crippen molar-refractivity contribution >= 4 is 23.0 Å². The van der Waals surface area contributed by atoms with Crippen LogP contribution in [0.3, 0.4) is 0 Å². The molecule has 0 spiro atoms. The molecule has 6 heteroatoms. The Morgan fingerprint density at radius 2 is 1.58 bits per heavy atom. The Balaban J connectivity index is 1.95. The fourth-order valence-corrected chi connectivity index (χ4v) is 4.65. The SMILES string of the molecule is C=CC(C)N1c2c(O)cccc2C(=O)N(C/C=C(\C)CC/C=C(\C)CCC=C(C)C)c2cc(O)cc(O)c21. The molecule has 0 aliphatic carbocycles. The van der Waals surface area contributed by atoms with Gasteiger partial charge in [-0.05, 0) is 72.4 Å². The molecule has 6 nitrogen and oxygen atoms in total. The summed E-state index contributed by atoms with van der Waals surface area (Å²) in [5, 5.41) is 32.1. The van der Waals surface area contributed by atoms with E-state index in [1.165, 1.54) is 34.2 Å². The Morgan fingerprint density at radius 1 is 0.921 bits per heavy atom. The van der Waals surface area contributed by atoms with Gasteiger partial charge >= 0.3 is 0 Å². The van der Waals surface area contributed by atoms with E-state index in [1.54, 1.807) is 23.1 Å². The highest BCUT2D eigenvalue weighted by Gasteiger charge is 2.36. The molecule has 1 aliphatic heterocycles. The van der Waals surface area contributed by atoms with Gasteiger partial charge in [0.15, 0.2) is 0 Å². The first-order valence-electron chi connectivity index (χ1n) is 13.1. The van der Waals surface area contributed by atoms with Crippen molar-refractivity contribution in [3.05, 3.63) is 83.5 Å². The van der Waals surface area contributed by atoms with Crippen LogP contribution in [0, 0.1) is 0 Å². The zero-order valence-corrected chi connectivity index (χ0v) is 23.2. The summed E-state index contributed by atoms with van der Waals surface area (Å²) in [5.41, 5.74) is 5.11. The van der Waals surface area contributed by atoms with E-state index < -0.39 is 0 Å². The van der Waals surface area contributed by atoms with Gasteiger partial charge in [-0.3, -0.25) is 4.79 Å².